The van der Waals surface area contributed by atoms with Gasteiger partial charge in [-0.2, -0.15) is 17.4 Å². The van der Waals surface area contributed by atoms with E-state index in [0.29, 0.717) is 0 Å². The van der Waals surface area contributed by atoms with Crippen LogP contribution in [0.5, 0.6) is 0 Å². The Morgan fingerprint density at radius 1 is 1.47 bits per heavy atom. The van der Waals surface area contributed by atoms with Crippen molar-refractivity contribution in [3.05, 3.63) is 0 Å². The summed E-state index contributed by atoms with van der Waals surface area (Å²) >= 11 is 0. The molecule has 6 nitrogen and oxygen atoms in total. The molecule has 1 saturated carbocycles. The van der Waals surface area contributed by atoms with Crippen LogP contribution in [0.1, 0.15) is 33.1 Å². The van der Waals surface area contributed by atoms with E-state index in [9.17, 15) is 8.42 Å². The fourth-order valence-electron chi connectivity index (χ4n) is 2.03. The predicted molar refractivity (Wildman–Crippen MR) is 68.0 cm³/mol. The van der Waals surface area contributed by atoms with E-state index in [-0.39, 0.29) is 23.8 Å². The molecule has 0 aromatic rings. The quantitative estimate of drug-likeness (QED) is 0.489. The van der Waals surface area contributed by atoms with E-state index in [2.05, 4.69) is 4.72 Å². The Bertz CT molecular complexity index is 380. The minimum Gasteiger partial charge on any atom is -0.387 e. The molecule has 0 bridgehead atoms. The summed E-state index contributed by atoms with van der Waals surface area (Å²) in [6, 6.07) is -0.330. The molecular weight excluding hydrogens is 240 g/mol. The molecule has 100 valence electrons. The zero-order valence-corrected chi connectivity index (χ0v) is 11.4. The van der Waals surface area contributed by atoms with Gasteiger partial charge in [0, 0.05) is 25.0 Å². The van der Waals surface area contributed by atoms with E-state index in [4.69, 9.17) is 11.1 Å². The number of nitrogens with two attached hydrogens (primary N) is 1. The van der Waals surface area contributed by atoms with Gasteiger partial charge in [0.2, 0.25) is 0 Å². The average Bonchev–Trinajstić information content (AvgIpc) is 2.63. The highest BCUT2D eigenvalue weighted by atomic mass is 32.2. The van der Waals surface area contributed by atoms with Crippen LogP contribution in [0.25, 0.3) is 0 Å². The minimum absolute atomic E-state index is 0.0717. The zero-order valence-electron chi connectivity index (χ0n) is 10.6. The van der Waals surface area contributed by atoms with Gasteiger partial charge in [-0.3, -0.25) is 5.41 Å². The van der Waals surface area contributed by atoms with Crippen LogP contribution in [0.3, 0.4) is 0 Å². The Kier molecular flexibility index (Phi) is 4.51. The Morgan fingerprint density at radius 3 is 2.53 bits per heavy atom. The highest BCUT2D eigenvalue weighted by molar-refractivity contribution is 7.87. The Labute approximate surface area is 103 Å². The average molecular weight is 262 g/mol. The molecule has 0 aliphatic heterocycles. The first-order chi connectivity index (χ1) is 7.75. The molecule has 1 rings (SSSR count). The van der Waals surface area contributed by atoms with Crippen molar-refractivity contribution < 1.29 is 8.42 Å². The summed E-state index contributed by atoms with van der Waals surface area (Å²) in [5.74, 6) is -0.0901. The SMILES string of the molecule is CC(C)N(C)S(=O)(=O)NC1CCCC1C(=N)N. The second kappa shape index (κ2) is 5.32. The van der Waals surface area contributed by atoms with E-state index < -0.39 is 10.2 Å². The summed E-state index contributed by atoms with van der Waals surface area (Å²) in [7, 11) is -1.93. The van der Waals surface area contributed by atoms with E-state index in [1.807, 2.05) is 13.8 Å². The number of hydrogen-bond donors (Lipinski definition) is 3. The van der Waals surface area contributed by atoms with Crippen molar-refractivity contribution in [1.82, 2.24) is 9.03 Å². The van der Waals surface area contributed by atoms with Crippen LogP contribution in [0.15, 0.2) is 0 Å². The first kappa shape index (κ1) is 14.4. The third kappa shape index (κ3) is 3.40. The summed E-state index contributed by atoms with van der Waals surface area (Å²) in [5.41, 5.74) is 5.48. The summed E-state index contributed by atoms with van der Waals surface area (Å²) in [6.45, 7) is 3.63. The van der Waals surface area contributed by atoms with Crippen molar-refractivity contribution in [2.45, 2.75) is 45.2 Å². The summed E-state index contributed by atoms with van der Waals surface area (Å²) in [6.07, 6.45) is 2.44. The summed E-state index contributed by atoms with van der Waals surface area (Å²) < 4.78 is 27.9. The molecule has 0 heterocycles. The number of amidine groups is 1. The fourth-order valence-corrected chi connectivity index (χ4v) is 3.41. The van der Waals surface area contributed by atoms with Gasteiger partial charge in [-0.25, -0.2) is 0 Å². The van der Waals surface area contributed by atoms with E-state index >= 15 is 0 Å². The largest absolute Gasteiger partial charge is 0.387 e. The highest BCUT2D eigenvalue weighted by Gasteiger charge is 2.34. The van der Waals surface area contributed by atoms with Crippen molar-refractivity contribution in [3.8, 4) is 0 Å². The van der Waals surface area contributed by atoms with Gasteiger partial charge < -0.3 is 5.73 Å². The molecule has 0 amide bonds. The van der Waals surface area contributed by atoms with Crippen molar-refractivity contribution >= 4 is 16.0 Å². The zero-order chi connectivity index (χ0) is 13.2. The van der Waals surface area contributed by atoms with E-state index in [0.717, 1.165) is 19.3 Å². The van der Waals surface area contributed by atoms with Crippen LogP contribution in [-0.4, -0.2) is 37.7 Å². The molecule has 0 saturated heterocycles. The second-order valence-corrected chi connectivity index (χ2v) is 6.59. The minimum atomic E-state index is -3.48. The smallest absolute Gasteiger partial charge is 0.279 e. The molecule has 17 heavy (non-hydrogen) atoms. The van der Waals surface area contributed by atoms with Crippen molar-refractivity contribution in [2.24, 2.45) is 11.7 Å². The molecule has 0 spiro atoms. The van der Waals surface area contributed by atoms with Gasteiger partial charge >= 0.3 is 0 Å². The van der Waals surface area contributed by atoms with Gasteiger partial charge in [0.25, 0.3) is 10.2 Å². The molecule has 0 aromatic heterocycles. The lowest BCUT2D eigenvalue weighted by Gasteiger charge is -2.26. The molecule has 4 N–H and O–H groups in total. The standard InChI is InChI=1S/C10H22N4O2S/c1-7(2)14(3)17(15,16)13-9-6-4-5-8(9)10(11)12/h7-9,13H,4-6H2,1-3H3,(H3,11,12). The normalized spacial score (nSPS) is 25.7. The fraction of sp³-hybridized carbons (Fsp3) is 0.900. The number of nitrogens with one attached hydrogen (secondary N) is 2. The Hall–Kier alpha value is -0.660. The highest BCUT2D eigenvalue weighted by Crippen LogP contribution is 2.26. The first-order valence-electron chi connectivity index (χ1n) is 5.85. The molecular formula is C10H22N4O2S. The van der Waals surface area contributed by atoms with Crippen LogP contribution >= 0.6 is 0 Å². The van der Waals surface area contributed by atoms with Crippen molar-refractivity contribution in [2.75, 3.05) is 7.05 Å². The molecule has 0 radical (unpaired) electrons. The lowest BCUT2D eigenvalue weighted by atomic mass is 10.0. The maximum Gasteiger partial charge on any atom is 0.279 e. The van der Waals surface area contributed by atoms with Crippen LogP contribution in [0, 0.1) is 11.3 Å². The molecule has 0 aromatic carbocycles. The second-order valence-electron chi connectivity index (χ2n) is 4.83. The van der Waals surface area contributed by atoms with Gasteiger partial charge in [-0.15, -0.1) is 0 Å². The van der Waals surface area contributed by atoms with E-state index in [1.165, 1.54) is 4.31 Å². The van der Waals surface area contributed by atoms with Gasteiger partial charge in [0.1, 0.15) is 0 Å². The van der Waals surface area contributed by atoms with Crippen molar-refractivity contribution in [3.63, 3.8) is 0 Å². The maximum atomic E-state index is 12.0. The molecule has 7 heteroatoms. The molecule has 2 unspecified atom stereocenters. The third-order valence-corrected chi connectivity index (χ3v) is 5.10. The molecule has 2 atom stereocenters. The molecule has 1 aliphatic carbocycles. The van der Waals surface area contributed by atoms with Gasteiger partial charge in [0.15, 0.2) is 0 Å². The predicted octanol–water partition coefficient (Wildman–Crippen LogP) is 0.266. The maximum absolute atomic E-state index is 12.0. The number of nitrogens with zero attached hydrogens (tertiary/aromatic N) is 1. The molecule has 1 fully saturated rings. The summed E-state index contributed by atoms with van der Waals surface area (Å²) in [4.78, 5) is 0. The number of rotatable bonds is 5. The lowest BCUT2D eigenvalue weighted by molar-refractivity contribution is 0.392. The van der Waals surface area contributed by atoms with Gasteiger partial charge in [0.05, 0.1) is 5.84 Å². The topological polar surface area (TPSA) is 99.3 Å². The third-order valence-electron chi connectivity index (χ3n) is 3.32. The van der Waals surface area contributed by atoms with Crippen LogP contribution in [-0.2, 0) is 10.2 Å². The van der Waals surface area contributed by atoms with Crippen LogP contribution in [0.2, 0.25) is 0 Å². The Balaban J connectivity index is 2.74. The molecule has 1 aliphatic rings. The van der Waals surface area contributed by atoms with Crippen molar-refractivity contribution in [1.29, 1.82) is 5.41 Å². The number of hydrogen-bond acceptors (Lipinski definition) is 3. The van der Waals surface area contributed by atoms with Crippen LogP contribution < -0.4 is 10.5 Å². The monoisotopic (exact) mass is 262 g/mol. The summed E-state index contributed by atoms with van der Waals surface area (Å²) in [5, 5.41) is 7.45. The lowest BCUT2D eigenvalue weighted by Crippen LogP contribution is -2.49. The Morgan fingerprint density at radius 2 is 2.06 bits per heavy atom. The first-order valence-corrected chi connectivity index (χ1v) is 7.29. The van der Waals surface area contributed by atoms with Gasteiger partial charge in [-0.1, -0.05) is 6.42 Å². The van der Waals surface area contributed by atoms with Crippen LogP contribution in [0.4, 0.5) is 0 Å². The van der Waals surface area contributed by atoms with E-state index in [1.54, 1.807) is 7.05 Å². The van der Waals surface area contributed by atoms with Gasteiger partial charge in [-0.05, 0) is 26.7 Å².